The van der Waals surface area contributed by atoms with E-state index in [0.29, 0.717) is 17.4 Å². The van der Waals surface area contributed by atoms with Crippen LogP contribution in [-0.4, -0.2) is 47.4 Å². The molecular weight excluding hydrogens is 308 g/mol. The molecule has 7 heteroatoms. The van der Waals surface area contributed by atoms with Crippen LogP contribution < -0.4 is 15.4 Å². The number of aromatic nitrogens is 1. The number of nitrogen functional groups attached to an aromatic ring is 1. The van der Waals surface area contributed by atoms with Crippen LogP contribution in [-0.2, 0) is 9.59 Å². The Bertz CT molecular complexity index is 641. The van der Waals surface area contributed by atoms with Crippen LogP contribution >= 0.6 is 0 Å². The lowest BCUT2D eigenvalue weighted by Gasteiger charge is -2.36. The fourth-order valence-electron chi connectivity index (χ4n) is 3.13. The van der Waals surface area contributed by atoms with Crippen molar-refractivity contribution in [3.8, 4) is 5.75 Å². The van der Waals surface area contributed by atoms with Crippen molar-refractivity contribution in [2.75, 3.05) is 30.3 Å². The quantitative estimate of drug-likeness (QED) is 0.904. The molecule has 1 unspecified atom stereocenters. The third-order valence-electron chi connectivity index (χ3n) is 4.49. The summed E-state index contributed by atoms with van der Waals surface area (Å²) in [5.74, 6) is 0.833. The van der Waals surface area contributed by atoms with Gasteiger partial charge < -0.3 is 15.4 Å². The molecule has 0 aromatic carbocycles. The smallest absolute Gasteiger partial charge is 0.270 e. The number of piperidine rings is 1. The Labute approximate surface area is 141 Å². The number of nitrogens with two attached hydrogens (primary N) is 1. The Morgan fingerprint density at radius 1 is 1.33 bits per heavy atom. The van der Waals surface area contributed by atoms with Crippen molar-refractivity contribution in [2.45, 2.75) is 39.2 Å². The number of nitrogens with zero attached hydrogens (tertiary/aromatic N) is 3. The molecule has 1 atom stereocenters. The molecule has 1 aromatic rings. The highest BCUT2D eigenvalue weighted by atomic mass is 16.5. The van der Waals surface area contributed by atoms with Crippen molar-refractivity contribution in [1.82, 2.24) is 9.88 Å². The molecule has 2 aliphatic rings. The average molecular weight is 332 g/mol. The number of rotatable bonds is 3. The van der Waals surface area contributed by atoms with Crippen molar-refractivity contribution >= 4 is 23.5 Å². The second kappa shape index (κ2) is 6.67. The molecule has 2 aliphatic heterocycles. The van der Waals surface area contributed by atoms with Crippen molar-refractivity contribution < 1.29 is 14.3 Å². The van der Waals surface area contributed by atoms with Gasteiger partial charge >= 0.3 is 0 Å². The van der Waals surface area contributed by atoms with Gasteiger partial charge in [-0.3, -0.25) is 14.5 Å². The van der Waals surface area contributed by atoms with Crippen LogP contribution in [0.25, 0.3) is 0 Å². The van der Waals surface area contributed by atoms with Gasteiger partial charge in [0.2, 0.25) is 5.91 Å². The molecule has 130 valence electrons. The second-order valence-corrected chi connectivity index (χ2v) is 6.71. The Kier molecular flexibility index (Phi) is 4.59. The molecule has 3 rings (SSSR count). The predicted molar refractivity (Wildman–Crippen MR) is 90.7 cm³/mol. The number of hydrogen-bond donors (Lipinski definition) is 1. The van der Waals surface area contributed by atoms with E-state index < -0.39 is 6.10 Å². The van der Waals surface area contributed by atoms with Gasteiger partial charge in [-0.15, -0.1) is 0 Å². The van der Waals surface area contributed by atoms with Gasteiger partial charge in [-0.25, -0.2) is 4.98 Å². The van der Waals surface area contributed by atoms with Gasteiger partial charge in [0.15, 0.2) is 17.7 Å². The summed E-state index contributed by atoms with van der Waals surface area (Å²) in [6.45, 7) is 5.32. The van der Waals surface area contributed by atoms with Gasteiger partial charge in [-0.2, -0.15) is 0 Å². The zero-order valence-electron chi connectivity index (χ0n) is 14.2. The zero-order chi connectivity index (χ0) is 17.3. The highest BCUT2D eigenvalue weighted by Gasteiger charge is 2.38. The first kappa shape index (κ1) is 16.5. The Morgan fingerprint density at radius 3 is 2.71 bits per heavy atom. The van der Waals surface area contributed by atoms with E-state index in [9.17, 15) is 9.59 Å². The molecule has 7 nitrogen and oxygen atoms in total. The summed E-state index contributed by atoms with van der Waals surface area (Å²) in [5, 5.41) is 0. The largest absolute Gasteiger partial charge is 0.476 e. The third-order valence-corrected chi connectivity index (χ3v) is 4.49. The number of hydrogen-bond acceptors (Lipinski definition) is 5. The van der Waals surface area contributed by atoms with Crippen LogP contribution in [0.3, 0.4) is 0 Å². The van der Waals surface area contributed by atoms with Gasteiger partial charge in [0.1, 0.15) is 12.4 Å². The molecule has 0 radical (unpaired) electrons. The third kappa shape index (κ3) is 3.16. The number of carbonyl (C=O) groups excluding carboxylic acids is 2. The number of anilines is 2. The van der Waals surface area contributed by atoms with Gasteiger partial charge in [0.25, 0.3) is 5.91 Å². The van der Waals surface area contributed by atoms with E-state index in [2.05, 4.69) is 4.98 Å². The monoisotopic (exact) mass is 332 g/mol. The molecule has 1 aromatic heterocycles. The highest BCUT2D eigenvalue weighted by molar-refractivity contribution is 6.03. The van der Waals surface area contributed by atoms with E-state index in [-0.39, 0.29) is 24.3 Å². The molecule has 0 bridgehead atoms. The van der Waals surface area contributed by atoms with Crippen LogP contribution in [0.4, 0.5) is 11.6 Å². The van der Waals surface area contributed by atoms with Gasteiger partial charge in [0.05, 0.1) is 0 Å². The first-order valence-corrected chi connectivity index (χ1v) is 8.49. The lowest BCUT2D eigenvalue weighted by molar-refractivity contribution is -0.134. The minimum atomic E-state index is -0.614. The first-order valence-electron chi connectivity index (χ1n) is 8.49. The van der Waals surface area contributed by atoms with Crippen LogP contribution in [0, 0.1) is 5.92 Å². The van der Waals surface area contributed by atoms with Gasteiger partial charge in [-0.1, -0.05) is 13.8 Å². The fourth-order valence-corrected chi connectivity index (χ4v) is 3.13. The van der Waals surface area contributed by atoms with Gasteiger partial charge in [0, 0.05) is 13.1 Å². The molecular formula is C17H24N4O3. The number of carbonyl (C=O) groups is 2. The topological polar surface area (TPSA) is 88.8 Å². The molecule has 1 saturated heterocycles. The maximum atomic E-state index is 12.8. The van der Waals surface area contributed by atoms with E-state index in [0.717, 1.165) is 32.4 Å². The molecule has 24 heavy (non-hydrogen) atoms. The summed E-state index contributed by atoms with van der Waals surface area (Å²) >= 11 is 0. The fraction of sp³-hybridized carbons (Fsp3) is 0.588. The Hall–Kier alpha value is -2.31. The maximum Gasteiger partial charge on any atom is 0.270 e. The van der Waals surface area contributed by atoms with E-state index in [1.807, 2.05) is 18.7 Å². The van der Waals surface area contributed by atoms with Crippen molar-refractivity contribution in [3.05, 3.63) is 12.1 Å². The van der Waals surface area contributed by atoms with Crippen molar-refractivity contribution in [3.63, 3.8) is 0 Å². The molecule has 2 N–H and O–H groups in total. The second-order valence-electron chi connectivity index (χ2n) is 6.71. The minimum Gasteiger partial charge on any atom is -0.476 e. The van der Waals surface area contributed by atoms with Gasteiger partial charge in [-0.05, 0) is 37.3 Å². The molecule has 0 saturated carbocycles. The van der Waals surface area contributed by atoms with E-state index in [1.54, 1.807) is 12.1 Å². The van der Waals surface area contributed by atoms with Crippen LogP contribution in [0.5, 0.6) is 5.75 Å². The normalized spacial score (nSPS) is 20.8. The first-order chi connectivity index (χ1) is 11.5. The van der Waals surface area contributed by atoms with E-state index >= 15 is 0 Å². The summed E-state index contributed by atoms with van der Waals surface area (Å²) < 4.78 is 5.78. The average Bonchev–Trinajstić information content (AvgIpc) is 2.57. The van der Waals surface area contributed by atoms with Crippen molar-refractivity contribution in [2.24, 2.45) is 5.92 Å². The lowest BCUT2D eigenvalue weighted by atomic mass is 10.0. The predicted octanol–water partition coefficient (Wildman–Crippen LogP) is 1.43. The lowest BCUT2D eigenvalue weighted by Crippen LogP contribution is -2.52. The number of likely N-dealkylation sites (tertiary alicyclic amines) is 1. The number of ether oxygens (including phenoxy) is 1. The SMILES string of the molecule is CC(C)C1Oc2ccc(N)nc2N(CC(=O)N2CCCCC2)C1=O. The molecule has 2 amide bonds. The Balaban J connectivity index is 1.87. The summed E-state index contributed by atoms with van der Waals surface area (Å²) in [5.41, 5.74) is 5.76. The highest BCUT2D eigenvalue weighted by Crippen LogP contribution is 2.34. The molecule has 1 fully saturated rings. The number of amides is 2. The Morgan fingerprint density at radius 2 is 2.04 bits per heavy atom. The molecule has 0 spiro atoms. The van der Waals surface area contributed by atoms with E-state index in [1.165, 1.54) is 4.90 Å². The number of pyridine rings is 1. The zero-order valence-corrected chi connectivity index (χ0v) is 14.2. The summed E-state index contributed by atoms with van der Waals surface area (Å²) in [6, 6.07) is 3.34. The standard InChI is InChI=1S/C17H24N4O3/c1-11(2)15-17(23)21(10-14(22)20-8-4-3-5-9-20)16-12(24-15)6-7-13(18)19-16/h6-7,11,15H,3-5,8-10H2,1-2H3,(H2,18,19). The summed E-state index contributed by atoms with van der Waals surface area (Å²) in [6.07, 6.45) is 2.56. The van der Waals surface area contributed by atoms with E-state index in [4.69, 9.17) is 10.5 Å². The van der Waals surface area contributed by atoms with Crippen molar-refractivity contribution in [1.29, 1.82) is 0 Å². The number of fused-ring (bicyclic) bond motifs is 1. The summed E-state index contributed by atoms with van der Waals surface area (Å²) in [7, 11) is 0. The maximum absolute atomic E-state index is 12.8. The molecule has 0 aliphatic carbocycles. The van der Waals surface area contributed by atoms with Crippen LogP contribution in [0.1, 0.15) is 33.1 Å². The minimum absolute atomic E-state index is 0.00390. The molecule has 3 heterocycles. The van der Waals surface area contributed by atoms with Crippen LogP contribution in [0.15, 0.2) is 12.1 Å². The summed E-state index contributed by atoms with van der Waals surface area (Å²) in [4.78, 5) is 32.9. The van der Waals surface area contributed by atoms with Crippen LogP contribution in [0.2, 0.25) is 0 Å².